The molecule has 0 atom stereocenters. The van der Waals surface area contributed by atoms with Crippen LogP contribution in [-0.2, 0) is 0 Å². The second-order valence-corrected chi connectivity index (χ2v) is 6.04. The van der Waals surface area contributed by atoms with Crippen molar-refractivity contribution < 1.29 is 14.3 Å². The lowest BCUT2D eigenvalue weighted by molar-refractivity contribution is 0.104. The van der Waals surface area contributed by atoms with Gasteiger partial charge in [0.15, 0.2) is 5.78 Å². The Hall–Kier alpha value is -3.07. The van der Waals surface area contributed by atoms with Gasteiger partial charge in [-0.2, -0.15) is 0 Å². The standard InChI is InChI=1S/C23H22O3/c1-3-14-26-21-10-4-17(5-11-21)6-13-23(24)20-8-7-19-16-22(25-2)12-9-18(19)15-20/h4-13,15-16H,3,14H2,1-2H3. The third-order valence-corrected chi connectivity index (χ3v) is 4.11. The fourth-order valence-corrected chi connectivity index (χ4v) is 2.67. The van der Waals surface area contributed by atoms with Crippen LogP contribution >= 0.6 is 0 Å². The number of hydrogen-bond donors (Lipinski definition) is 0. The van der Waals surface area contributed by atoms with E-state index in [2.05, 4.69) is 6.92 Å². The SMILES string of the molecule is CCCOc1ccc(C=CC(=O)c2ccc3cc(OC)ccc3c2)cc1. The van der Waals surface area contributed by atoms with Gasteiger partial charge < -0.3 is 9.47 Å². The van der Waals surface area contributed by atoms with Crippen LogP contribution < -0.4 is 9.47 Å². The molecule has 132 valence electrons. The summed E-state index contributed by atoms with van der Waals surface area (Å²) < 4.78 is 10.8. The average molecular weight is 346 g/mol. The molecule has 3 aromatic rings. The van der Waals surface area contributed by atoms with Gasteiger partial charge in [-0.3, -0.25) is 4.79 Å². The number of ether oxygens (including phenoxy) is 2. The van der Waals surface area contributed by atoms with Crippen molar-refractivity contribution in [3.05, 3.63) is 77.9 Å². The summed E-state index contributed by atoms with van der Waals surface area (Å²) >= 11 is 0. The topological polar surface area (TPSA) is 35.5 Å². The Morgan fingerprint density at radius 1 is 0.923 bits per heavy atom. The maximum atomic E-state index is 12.5. The molecule has 0 bridgehead atoms. The first kappa shape index (κ1) is 17.7. The number of carbonyl (C=O) groups is 1. The van der Waals surface area contributed by atoms with Crippen molar-refractivity contribution in [2.45, 2.75) is 13.3 Å². The van der Waals surface area contributed by atoms with Crippen molar-refractivity contribution in [1.29, 1.82) is 0 Å². The highest BCUT2D eigenvalue weighted by atomic mass is 16.5. The smallest absolute Gasteiger partial charge is 0.185 e. The Balaban J connectivity index is 1.72. The Morgan fingerprint density at radius 3 is 2.35 bits per heavy atom. The minimum atomic E-state index is -0.0194. The molecule has 26 heavy (non-hydrogen) atoms. The maximum absolute atomic E-state index is 12.5. The second kappa shape index (κ2) is 8.34. The molecule has 3 rings (SSSR count). The predicted octanol–water partition coefficient (Wildman–Crippen LogP) is 5.53. The van der Waals surface area contributed by atoms with Crippen LogP contribution in [0.5, 0.6) is 11.5 Å². The molecule has 0 unspecified atom stereocenters. The molecule has 3 aromatic carbocycles. The summed E-state index contributed by atoms with van der Waals surface area (Å²) in [7, 11) is 1.65. The fraction of sp³-hybridized carbons (Fsp3) is 0.174. The van der Waals surface area contributed by atoms with Crippen molar-refractivity contribution >= 4 is 22.6 Å². The van der Waals surface area contributed by atoms with Crippen molar-refractivity contribution in [2.24, 2.45) is 0 Å². The molecule has 3 nitrogen and oxygen atoms in total. The number of ketones is 1. The zero-order valence-electron chi connectivity index (χ0n) is 15.1. The lowest BCUT2D eigenvalue weighted by Crippen LogP contribution is -1.95. The quantitative estimate of drug-likeness (QED) is 0.416. The van der Waals surface area contributed by atoms with Gasteiger partial charge in [0.05, 0.1) is 13.7 Å². The summed E-state index contributed by atoms with van der Waals surface area (Å²) in [5, 5.41) is 2.06. The van der Waals surface area contributed by atoms with Crippen molar-refractivity contribution in [1.82, 2.24) is 0 Å². The van der Waals surface area contributed by atoms with Crippen LogP contribution in [0.1, 0.15) is 29.3 Å². The zero-order chi connectivity index (χ0) is 18.4. The van der Waals surface area contributed by atoms with Crippen LogP contribution in [0.3, 0.4) is 0 Å². The van der Waals surface area contributed by atoms with E-state index in [4.69, 9.17) is 9.47 Å². The molecule has 0 spiro atoms. The summed E-state index contributed by atoms with van der Waals surface area (Å²) in [5.41, 5.74) is 1.63. The van der Waals surface area contributed by atoms with Gasteiger partial charge in [-0.15, -0.1) is 0 Å². The molecule has 0 aliphatic rings. The predicted molar refractivity (Wildman–Crippen MR) is 106 cm³/mol. The van der Waals surface area contributed by atoms with Crippen LogP contribution in [-0.4, -0.2) is 19.5 Å². The van der Waals surface area contributed by atoms with Gasteiger partial charge in [0.2, 0.25) is 0 Å². The van der Waals surface area contributed by atoms with E-state index >= 15 is 0 Å². The van der Waals surface area contributed by atoms with Gasteiger partial charge in [-0.05, 0) is 59.2 Å². The minimum Gasteiger partial charge on any atom is -0.497 e. The number of allylic oxidation sites excluding steroid dienone is 1. The lowest BCUT2D eigenvalue weighted by atomic mass is 10.0. The number of rotatable bonds is 7. The Labute approximate surface area is 153 Å². The second-order valence-electron chi connectivity index (χ2n) is 6.04. The van der Waals surface area contributed by atoms with Gasteiger partial charge >= 0.3 is 0 Å². The van der Waals surface area contributed by atoms with Gasteiger partial charge in [0, 0.05) is 5.56 Å². The van der Waals surface area contributed by atoms with E-state index in [-0.39, 0.29) is 5.78 Å². The first-order valence-electron chi connectivity index (χ1n) is 8.72. The number of methoxy groups -OCH3 is 1. The first-order chi connectivity index (χ1) is 12.7. The molecule has 0 saturated heterocycles. The molecule has 0 aliphatic heterocycles. The molecule has 0 amide bonds. The molecule has 0 N–H and O–H groups in total. The van der Waals surface area contributed by atoms with Crippen LogP contribution in [0, 0.1) is 0 Å². The number of fused-ring (bicyclic) bond motifs is 1. The largest absolute Gasteiger partial charge is 0.497 e. The average Bonchev–Trinajstić information content (AvgIpc) is 2.70. The summed E-state index contributed by atoms with van der Waals surface area (Å²) in [6.45, 7) is 2.79. The van der Waals surface area contributed by atoms with E-state index in [1.807, 2.05) is 66.7 Å². The van der Waals surface area contributed by atoms with Gasteiger partial charge in [0.1, 0.15) is 11.5 Å². The Bertz CT molecular complexity index is 924. The summed E-state index contributed by atoms with van der Waals surface area (Å²) in [6.07, 6.45) is 4.41. The molecule has 0 aliphatic carbocycles. The van der Waals surface area contributed by atoms with Crippen molar-refractivity contribution in [3.63, 3.8) is 0 Å². The Kier molecular flexibility index (Phi) is 5.69. The highest BCUT2D eigenvalue weighted by molar-refractivity contribution is 6.08. The summed E-state index contributed by atoms with van der Waals surface area (Å²) in [4.78, 5) is 12.5. The van der Waals surface area contributed by atoms with Gasteiger partial charge in [-0.25, -0.2) is 0 Å². The van der Waals surface area contributed by atoms with Crippen LogP contribution in [0.15, 0.2) is 66.7 Å². The van der Waals surface area contributed by atoms with E-state index in [0.717, 1.165) is 34.3 Å². The summed E-state index contributed by atoms with van der Waals surface area (Å²) in [6, 6.07) is 19.2. The van der Waals surface area contributed by atoms with E-state index in [1.165, 1.54) is 0 Å². The van der Waals surface area contributed by atoms with E-state index < -0.39 is 0 Å². The van der Waals surface area contributed by atoms with Crippen LogP contribution in [0.4, 0.5) is 0 Å². The molecule has 3 heteroatoms. The summed E-state index contributed by atoms with van der Waals surface area (Å²) in [5.74, 6) is 1.64. The third-order valence-electron chi connectivity index (χ3n) is 4.11. The number of benzene rings is 3. The monoisotopic (exact) mass is 346 g/mol. The molecule has 0 saturated carbocycles. The van der Waals surface area contributed by atoms with Crippen LogP contribution in [0.25, 0.3) is 16.8 Å². The lowest BCUT2D eigenvalue weighted by Gasteiger charge is -2.04. The van der Waals surface area contributed by atoms with Gasteiger partial charge in [-0.1, -0.05) is 43.3 Å². The normalized spacial score (nSPS) is 11.0. The van der Waals surface area contributed by atoms with Crippen molar-refractivity contribution in [2.75, 3.05) is 13.7 Å². The van der Waals surface area contributed by atoms with E-state index in [1.54, 1.807) is 13.2 Å². The highest BCUT2D eigenvalue weighted by Gasteiger charge is 2.04. The highest BCUT2D eigenvalue weighted by Crippen LogP contribution is 2.22. The molecular formula is C23H22O3. The zero-order valence-corrected chi connectivity index (χ0v) is 15.1. The minimum absolute atomic E-state index is 0.0194. The molecular weight excluding hydrogens is 324 g/mol. The maximum Gasteiger partial charge on any atom is 0.185 e. The Morgan fingerprint density at radius 2 is 1.62 bits per heavy atom. The van der Waals surface area contributed by atoms with Crippen molar-refractivity contribution in [3.8, 4) is 11.5 Å². The fourth-order valence-electron chi connectivity index (χ4n) is 2.67. The van der Waals surface area contributed by atoms with Gasteiger partial charge in [0.25, 0.3) is 0 Å². The molecule has 0 heterocycles. The molecule has 0 radical (unpaired) electrons. The first-order valence-corrected chi connectivity index (χ1v) is 8.72. The third kappa shape index (κ3) is 4.31. The molecule has 0 fully saturated rings. The number of hydrogen-bond acceptors (Lipinski definition) is 3. The van der Waals surface area contributed by atoms with E-state index in [9.17, 15) is 4.79 Å². The van der Waals surface area contributed by atoms with E-state index in [0.29, 0.717) is 12.2 Å². The molecule has 0 aromatic heterocycles. The van der Waals surface area contributed by atoms with Crippen LogP contribution in [0.2, 0.25) is 0 Å². The number of carbonyl (C=O) groups excluding carboxylic acids is 1.